The van der Waals surface area contributed by atoms with Gasteiger partial charge in [0.1, 0.15) is 0 Å². The van der Waals surface area contributed by atoms with E-state index in [-0.39, 0.29) is 11.6 Å². The molecule has 106 valence electrons. The Kier molecular flexibility index (Phi) is 4.94. The number of amides is 1. The van der Waals surface area contributed by atoms with Gasteiger partial charge in [0.05, 0.1) is 5.56 Å². The number of nitrogens with two attached hydrogens (primary N) is 1. The number of hydrogen-bond acceptors (Lipinski definition) is 2. The van der Waals surface area contributed by atoms with Gasteiger partial charge in [-0.05, 0) is 38.1 Å². The van der Waals surface area contributed by atoms with Gasteiger partial charge >= 0.3 is 6.18 Å². The summed E-state index contributed by atoms with van der Waals surface area (Å²) in [6, 6.07) is 4.31. The Morgan fingerprint density at radius 2 is 2.05 bits per heavy atom. The molecule has 1 aromatic carbocycles. The summed E-state index contributed by atoms with van der Waals surface area (Å²) in [7, 11) is 1.56. The molecule has 2 N–H and O–H groups in total. The third kappa shape index (κ3) is 3.96. The van der Waals surface area contributed by atoms with E-state index < -0.39 is 17.6 Å². The molecule has 0 aliphatic rings. The maximum Gasteiger partial charge on any atom is 0.416 e. The minimum Gasteiger partial charge on any atom is -0.339 e. The van der Waals surface area contributed by atoms with Crippen LogP contribution in [-0.2, 0) is 6.18 Å². The standard InChI is InChI=1S/C13H17F3N2O/c1-9(6-7-17)18(2)12(19)10-4-3-5-11(8-10)13(14,15)16/h3-5,8-9H,6-7,17H2,1-2H3. The largest absolute Gasteiger partial charge is 0.416 e. The Morgan fingerprint density at radius 3 is 2.58 bits per heavy atom. The van der Waals surface area contributed by atoms with E-state index in [1.807, 2.05) is 0 Å². The Hall–Kier alpha value is -1.56. The van der Waals surface area contributed by atoms with Crippen molar-refractivity contribution in [3.8, 4) is 0 Å². The summed E-state index contributed by atoms with van der Waals surface area (Å²) in [5, 5.41) is 0. The molecule has 1 amide bonds. The van der Waals surface area contributed by atoms with Crippen LogP contribution in [0.5, 0.6) is 0 Å². The zero-order valence-corrected chi connectivity index (χ0v) is 10.9. The van der Waals surface area contributed by atoms with Crippen LogP contribution in [-0.4, -0.2) is 30.4 Å². The average molecular weight is 274 g/mol. The molecule has 1 aromatic rings. The summed E-state index contributed by atoms with van der Waals surface area (Å²) in [6.45, 7) is 2.22. The first-order valence-electron chi connectivity index (χ1n) is 5.92. The third-order valence-corrected chi connectivity index (χ3v) is 3.00. The SMILES string of the molecule is CC(CCN)N(C)C(=O)c1cccc(C(F)(F)F)c1. The van der Waals surface area contributed by atoms with E-state index in [1.165, 1.54) is 17.0 Å². The lowest BCUT2D eigenvalue weighted by Gasteiger charge is -2.24. The molecule has 0 saturated heterocycles. The fourth-order valence-electron chi connectivity index (χ4n) is 1.67. The van der Waals surface area contributed by atoms with Crippen molar-refractivity contribution in [1.29, 1.82) is 0 Å². The van der Waals surface area contributed by atoms with Crippen molar-refractivity contribution < 1.29 is 18.0 Å². The van der Waals surface area contributed by atoms with Gasteiger partial charge in [-0.15, -0.1) is 0 Å². The Morgan fingerprint density at radius 1 is 1.42 bits per heavy atom. The van der Waals surface area contributed by atoms with E-state index in [9.17, 15) is 18.0 Å². The van der Waals surface area contributed by atoms with Crippen LogP contribution in [0.3, 0.4) is 0 Å². The Balaban J connectivity index is 2.94. The van der Waals surface area contributed by atoms with Gasteiger partial charge in [-0.25, -0.2) is 0 Å². The highest BCUT2D eigenvalue weighted by Gasteiger charge is 2.31. The van der Waals surface area contributed by atoms with Crippen molar-refractivity contribution in [2.24, 2.45) is 5.73 Å². The Bertz CT molecular complexity index is 446. The molecular formula is C13H17F3N2O. The van der Waals surface area contributed by atoms with E-state index in [2.05, 4.69) is 0 Å². The molecule has 19 heavy (non-hydrogen) atoms. The minimum absolute atomic E-state index is 0.0289. The molecule has 1 unspecified atom stereocenters. The fraction of sp³-hybridized carbons (Fsp3) is 0.462. The third-order valence-electron chi connectivity index (χ3n) is 3.00. The van der Waals surface area contributed by atoms with Crippen molar-refractivity contribution in [3.05, 3.63) is 35.4 Å². The summed E-state index contributed by atoms with van der Waals surface area (Å²) >= 11 is 0. The molecule has 0 aromatic heterocycles. The van der Waals surface area contributed by atoms with Gasteiger partial charge in [-0.3, -0.25) is 4.79 Å². The monoisotopic (exact) mass is 274 g/mol. The van der Waals surface area contributed by atoms with E-state index in [1.54, 1.807) is 14.0 Å². The predicted molar refractivity (Wildman–Crippen MR) is 66.7 cm³/mol. The highest BCUT2D eigenvalue weighted by molar-refractivity contribution is 5.94. The van der Waals surface area contributed by atoms with Crippen molar-refractivity contribution in [2.45, 2.75) is 25.6 Å². The zero-order chi connectivity index (χ0) is 14.6. The molecule has 0 radical (unpaired) electrons. The second-order valence-electron chi connectivity index (χ2n) is 4.42. The molecule has 0 bridgehead atoms. The van der Waals surface area contributed by atoms with Gasteiger partial charge in [0, 0.05) is 18.7 Å². The topological polar surface area (TPSA) is 46.3 Å². The second kappa shape index (κ2) is 6.06. The van der Waals surface area contributed by atoms with Crippen LogP contribution in [0.25, 0.3) is 0 Å². The van der Waals surface area contributed by atoms with Crippen LogP contribution < -0.4 is 5.73 Å². The van der Waals surface area contributed by atoms with Gasteiger partial charge in [-0.2, -0.15) is 13.2 Å². The molecule has 6 heteroatoms. The molecule has 0 saturated carbocycles. The van der Waals surface area contributed by atoms with Crippen molar-refractivity contribution in [1.82, 2.24) is 4.90 Å². The van der Waals surface area contributed by atoms with E-state index >= 15 is 0 Å². The van der Waals surface area contributed by atoms with Crippen LogP contribution in [0.2, 0.25) is 0 Å². The number of nitrogens with zero attached hydrogens (tertiary/aromatic N) is 1. The molecule has 1 rings (SSSR count). The maximum atomic E-state index is 12.6. The summed E-state index contributed by atoms with van der Waals surface area (Å²) in [6.07, 6.45) is -3.85. The molecule has 0 aliphatic heterocycles. The fourth-order valence-corrected chi connectivity index (χ4v) is 1.67. The van der Waals surface area contributed by atoms with Gasteiger partial charge < -0.3 is 10.6 Å². The molecule has 3 nitrogen and oxygen atoms in total. The normalized spacial score (nSPS) is 13.2. The summed E-state index contributed by atoms with van der Waals surface area (Å²) in [5.74, 6) is -0.438. The van der Waals surface area contributed by atoms with Crippen LogP contribution in [0, 0.1) is 0 Å². The lowest BCUT2D eigenvalue weighted by atomic mass is 10.1. The van der Waals surface area contributed by atoms with Gasteiger partial charge in [-0.1, -0.05) is 6.07 Å². The summed E-state index contributed by atoms with van der Waals surface area (Å²) in [4.78, 5) is 13.5. The molecular weight excluding hydrogens is 257 g/mol. The van der Waals surface area contributed by atoms with Crippen LogP contribution in [0.4, 0.5) is 13.2 Å². The van der Waals surface area contributed by atoms with E-state index in [0.717, 1.165) is 12.1 Å². The number of benzene rings is 1. The van der Waals surface area contributed by atoms with Gasteiger partial charge in [0.2, 0.25) is 0 Å². The quantitative estimate of drug-likeness (QED) is 0.917. The lowest BCUT2D eigenvalue weighted by Crippen LogP contribution is -2.36. The first-order chi connectivity index (χ1) is 8.77. The second-order valence-corrected chi connectivity index (χ2v) is 4.42. The zero-order valence-electron chi connectivity index (χ0n) is 10.9. The number of halogens is 3. The maximum absolute atomic E-state index is 12.6. The minimum atomic E-state index is -4.45. The first-order valence-corrected chi connectivity index (χ1v) is 5.92. The van der Waals surface area contributed by atoms with Crippen LogP contribution in [0.15, 0.2) is 24.3 Å². The number of rotatable bonds is 4. The smallest absolute Gasteiger partial charge is 0.339 e. The van der Waals surface area contributed by atoms with Gasteiger partial charge in [0.25, 0.3) is 5.91 Å². The molecule has 0 spiro atoms. The Labute approximate surface area is 110 Å². The average Bonchev–Trinajstić information content (AvgIpc) is 2.36. The van der Waals surface area contributed by atoms with E-state index in [4.69, 9.17) is 5.73 Å². The van der Waals surface area contributed by atoms with Crippen LogP contribution >= 0.6 is 0 Å². The summed E-state index contributed by atoms with van der Waals surface area (Å²) < 4.78 is 37.7. The molecule has 0 fully saturated rings. The highest BCUT2D eigenvalue weighted by atomic mass is 19.4. The molecule has 0 heterocycles. The number of hydrogen-bond donors (Lipinski definition) is 1. The highest BCUT2D eigenvalue weighted by Crippen LogP contribution is 2.29. The lowest BCUT2D eigenvalue weighted by molar-refractivity contribution is -0.137. The first kappa shape index (κ1) is 15.5. The number of carbonyl (C=O) groups excluding carboxylic acids is 1. The molecule has 0 aliphatic carbocycles. The number of carbonyl (C=O) groups is 1. The van der Waals surface area contributed by atoms with Crippen molar-refractivity contribution in [3.63, 3.8) is 0 Å². The van der Waals surface area contributed by atoms with Crippen molar-refractivity contribution in [2.75, 3.05) is 13.6 Å². The van der Waals surface area contributed by atoms with Crippen molar-refractivity contribution >= 4 is 5.91 Å². The van der Waals surface area contributed by atoms with Gasteiger partial charge in [0.15, 0.2) is 0 Å². The van der Waals surface area contributed by atoms with Crippen LogP contribution in [0.1, 0.15) is 29.3 Å². The number of alkyl halides is 3. The predicted octanol–water partition coefficient (Wildman–Crippen LogP) is 2.51. The molecule has 1 atom stereocenters. The van der Waals surface area contributed by atoms with E-state index in [0.29, 0.717) is 13.0 Å². The summed E-state index contributed by atoms with van der Waals surface area (Å²) in [5.41, 5.74) is 4.61.